The minimum atomic E-state index is -0.254. The van der Waals surface area contributed by atoms with Crippen LogP contribution in [0.4, 0.5) is 10.2 Å². The SMILES string of the molecule is CCNC(=NC[C@H]1CCCN1CC(C)C)NC1CCN(c2ncccc2F)C1. The Hall–Kier alpha value is -1.89. The summed E-state index contributed by atoms with van der Waals surface area (Å²) in [6.07, 6.45) is 5.09. The van der Waals surface area contributed by atoms with Crippen LogP contribution in [0.5, 0.6) is 0 Å². The summed E-state index contributed by atoms with van der Waals surface area (Å²) in [5, 5.41) is 6.91. The summed E-state index contributed by atoms with van der Waals surface area (Å²) in [7, 11) is 0. The maximum atomic E-state index is 14.0. The molecule has 2 N–H and O–H groups in total. The molecule has 0 bridgehead atoms. The number of nitrogens with one attached hydrogen (secondary N) is 2. The number of guanidine groups is 1. The highest BCUT2D eigenvalue weighted by atomic mass is 19.1. The molecule has 156 valence electrons. The van der Waals surface area contributed by atoms with Crippen molar-refractivity contribution in [3.63, 3.8) is 0 Å². The van der Waals surface area contributed by atoms with E-state index < -0.39 is 0 Å². The van der Waals surface area contributed by atoms with Crippen LogP contribution in [0, 0.1) is 11.7 Å². The van der Waals surface area contributed by atoms with E-state index in [9.17, 15) is 4.39 Å². The maximum Gasteiger partial charge on any atom is 0.191 e. The Morgan fingerprint density at radius 1 is 1.36 bits per heavy atom. The predicted molar refractivity (Wildman–Crippen MR) is 113 cm³/mol. The second-order valence-electron chi connectivity index (χ2n) is 8.29. The van der Waals surface area contributed by atoms with Crippen molar-refractivity contribution < 1.29 is 4.39 Å². The molecule has 0 saturated carbocycles. The van der Waals surface area contributed by atoms with E-state index in [1.165, 1.54) is 25.5 Å². The van der Waals surface area contributed by atoms with Gasteiger partial charge >= 0.3 is 0 Å². The van der Waals surface area contributed by atoms with E-state index in [0.29, 0.717) is 17.8 Å². The van der Waals surface area contributed by atoms with Gasteiger partial charge in [0.1, 0.15) is 0 Å². The zero-order valence-corrected chi connectivity index (χ0v) is 17.5. The van der Waals surface area contributed by atoms with Crippen LogP contribution < -0.4 is 15.5 Å². The van der Waals surface area contributed by atoms with Gasteiger partial charge in [0.2, 0.25) is 0 Å². The van der Waals surface area contributed by atoms with Crippen LogP contribution in [0.25, 0.3) is 0 Å². The summed E-state index contributed by atoms with van der Waals surface area (Å²) in [5.74, 6) is 1.75. The summed E-state index contributed by atoms with van der Waals surface area (Å²) in [5.41, 5.74) is 0. The molecule has 0 spiro atoms. The number of pyridine rings is 1. The Bertz CT molecular complexity index is 650. The molecule has 7 heteroatoms. The first kappa shape index (κ1) is 20.8. The highest BCUT2D eigenvalue weighted by Gasteiger charge is 2.27. The Kier molecular flexibility index (Phi) is 7.48. The highest BCUT2D eigenvalue weighted by Crippen LogP contribution is 2.21. The van der Waals surface area contributed by atoms with Gasteiger partial charge in [-0.2, -0.15) is 0 Å². The molecular formula is C21H35FN6. The first-order valence-corrected chi connectivity index (χ1v) is 10.7. The van der Waals surface area contributed by atoms with E-state index in [0.717, 1.165) is 45.1 Å². The smallest absolute Gasteiger partial charge is 0.191 e. The quantitative estimate of drug-likeness (QED) is 0.553. The van der Waals surface area contributed by atoms with E-state index in [2.05, 4.69) is 41.3 Å². The fraction of sp³-hybridized carbons (Fsp3) is 0.714. The van der Waals surface area contributed by atoms with Crippen LogP contribution in [0.2, 0.25) is 0 Å². The van der Waals surface area contributed by atoms with E-state index in [4.69, 9.17) is 4.99 Å². The molecule has 6 nitrogen and oxygen atoms in total. The third-order valence-electron chi connectivity index (χ3n) is 5.47. The number of anilines is 1. The Balaban J connectivity index is 1.56. The first-order chi connectivity index (χ1) is 13.6. The standard InChI is InChI=1S/C21H35FN6/c1-4-23-21(25-13-18-7-6-11-27(18)14-16(2)3)26-17-9-12-28(15-17)20-19(22)8-5-10-24-20/h5,8,10,16-18H,4,6-7,9,11-15H2,1-3H3,(H2,23,25,26)/t17?,18-/m1/s1. The molecule has 2 aliphatic rings. The molecule has 2 atom stereocenters. The van der Waals surface area contributed by atoms with E-state index in [1.54, 1.807) is 12.3 Å². The van der Waals surface area contributed by atoms with Crippen LogP contribution in [-0.4, -0.2) is 67.2 Å². The number of rotatable bonds is 7. The average Bonchev–Trinajstić information content (AvgIpc) is 3.29. The summed E-state index contributed by atoms with van der Waals surface area (Å²) < 4.78 is 14.0. The molecule has 0 aromatic carbocycles. The van der Waals surface area contributed by atoms with Gasteiger partial charge in [-0.25, -0.2) is 9.37 Å². The van der Waals surface area contributed by atoms with Crippen molar-refractivity contribution in [3.8, 4) is 0 Å². The van der Waals surface area contributed by atoms with Gasteiger partial charge in [-0.05, 0) is 50.8 Å². The van der Waals surface area contributed by atoms with E-state index >= 15 is 0 Å². The Morgan fingerprint density at radius 3 is 2.96 bits per heavy atom. The van der Waals surface area contributed by atoms with Crippen molar-refractivity contribution in [2.45, 2.75) is 52.1 Å². The number of hydrogen-bond acceptors (Lipinski definition) is 4. The molecule has 3 heterocycles. The van der Waals surface area contributed by atoms with Gasteiger partial charge in [0.15, 0.2) is 17.6 Å². The van der Waals surface area contributed by atoms with Crippen LogP contribution in [0.15, 0.2) is 23.3 Å². The molecule has 1 aromatic heterocycles. The number of aliphatic imine (C=N–C) groups is 1. The molecule has 1 unspecified atom stereocenters. The van der Waals surface area contributed by atoms with Crippen molar-refractivity contribution in [1.82, 2.24) is 20.5 Å². The molecule has 2 aliphatic heterocycles. The normalized spacial score (nSPS) is 23.6. The van der Waals surface area contributed by atoms with Crippen molar-refractivity contribution in [2.75, 3.05) is 44.2 Å². The van der Waals surface area contributed by atoms with Gasteiger partial charge in [-0.15, -0.1) is 0 Å². The first-order valence-electron chi connectivity index (χ1n) is 10.7. The van der Waals surface area contributed by atoms with E-state index in [1.807, 2.05) is 4.90 Å². The van der Waals surface area contributed by atoms with Gasteiger partial charge in [0, 0.05) is 44.5 Å². The molecular weight excluding hydrogens is 355 g/mol. The summed E-state index contributed by atoms with van der Waals surface area (Å²) in [6.45, 7) is 12.2. The van der Waals surface area contributed by atoms with Gasteiger partial charge < -0.3 is 15.5 Å². The molecule has 2 fully saturated rings. The fourth-order valence-corrected chi connectivity index (χ4v) is 4.20. The topological polar surface area (TPSA) is 55.8 Å². The number of likely N-dealkylation sites (tertiary alicyclic amines) is 1. The number of nitrogens with zero attached hydrogens (tertiary/aromatic N) is 4. The minimum Gasteiger partial charge on any atom is -0.357 e. The molecule has 3 rings (SSSR count). The third-order valence-corrected chi connectivity index (χ3v) is 5.47. The molecule has 0 aliphatic carbocycles. The average molecular weight is 391 g/mol. The predicted octanol–water partition coefficient (Wildman–Crippen LogP) is 2.47. The highest BCUT2D eigenvalue weighted by molar-refractivity contribution is 5.80. The number of aromatic nitrogens is 1. The molecule has 0 radical (unpaired) electrons. The lowest BCUT2D eigenvalue weighted by Gasteiger charge is -2.25. The van der Waals surface area contributed by atoms with Crippen LogP contribution >= 0.6 is 0 Å². The van der Waals surface area contributed by atoms with Crippen LogP contribution in [-0.2, 0) is 0 Å². The lowest BCUT2D eigenvalue weighted by molar-refractivity contribution is 0.231. The summed E-state index contributed by atoms with van der Waals surface area (Å²) in [4.78, 5) is 13.7. The maximum absolute atomic E-state index is 14.0. The minimum absolute atomic E-state index is 0.245. The Morgan fingerprint density at radius 2 is 2.21 bits per heavy atom. The molecule has 0 amide bonds. The molecule has 1 aromatic rings. The van der Waals surface area contributed by atoms with Gasteiger partial charge in [0.25, 0.3) is 0 Å². The lowest BCUT2D eigenvalue weighted by Crippen LogP contribution is -2.45. The summed E-state index contributed by atoms with van der Waals surface area (Å²) >= 11 is 0. The largest absolute Gasteiger partial charge is 0.357 e. The van der Waals surface area contributed by atoms with Crippen LogP contribution in [0.1, 0.15) is 40.0 Å². The number of hydrogen-bond donors (Lipinski definition) is 2. The van der Waals surface area contributed by atoms with Crippen molar-refractivity contribution in [1.29, 1.82) is 0 Å². The second kappa shape index (κ2) is 10.0. The lowest BCUT2D eigenvalue weighted by atomic mass is 10.2. The zero-order chi connectivity index (χ0) is 19.9. The zero-order valence-electron chi connectivity index (χ0n) is 17.5. The monoisotopic (exact) mass is 390 g/mol. The fourth-order valence-electron chi connectivity index (χ4n) is 4.20. The third kappa shape index (κ3) is 5.56. The van der Waals surface area contributed by atoms with Crippen molar-refractivity contribution in [3.05, 3.63) is 24.1 Å². The van der Waals surface area contributed by atoms with Crippen molar-refractivity contribution in [2.24, 2.45) is 10.9 Å². The molecule has 28 heavy (non-hydrogen) atoms. The van der Waals surface area contributed by atoms with Crippen molar-refractivity contribution >= 4 is 11.8 Å². The van der Waals surface area contributed by atoms with Gasteiger partial charge in [-0.1, -0.05) is 13.8 Å². The van der Waals surface area contributed by atoms with Crippen LogP contribution in [0.3, 0.4) is 0 Å². The second-order valence-corrected chi connectivity index (χ2v) is 8.29. The Labute approximate surface area is 168 Å². The van der Waals surface area contributed by atoms with Gasteiger partial charge in [-0.3, -0.25) is 9.89 Å². The van der Waals surface area contributed by atoms with Gasteiger partial charge in [0.05, 0.1) is 6.54 Å². The molecule has 2 saturated heterocycles. The van der Waals surface area contributed by atoms with E-state index in [-0.39, 0.29) is 11.9 Å². The number of halogens is 1. The summed E-state index contributed by atoms with van der Waals surface area (Å²) in [6, 6.07) is 3.89.